The van der Waals surface area contributed by atoms with Crippen molar-refractivity contribution < 1.29 is 0 Å². The molecule has 0 aromatic heterocycles. The van der Waals surface area contributed by atoms with Crippen LogP contribution in [0.1, 0.15) is 24.0 Å². The van der Waals surface area contributed by atoms with Crippen LogP contribution in [0.2, 0.25) is 0 Å². The Labute approximate surface area is 760 Å². The van der Waals surface area contributed by atoms with Gasteiger partial charge >= 0.3 is 0 Å². The molecule has 0 spiro atoms. The fraction of sp³-hybridized carbons (Fsp3) is 0.538. The number of rotatable bonds is 48. The molecule has 2 aliphatic heterocycles. The number of nitrogens with one attached hydrogen (secondary N) is 3. The molecule has 97 radical (unpaired) electrons. The number of hydrogen-bond donors (Lipinski definition) is 3. The minimum absolute atomic E-state index is 0.647. The molecular weight excluding hydrogens is 1230 g/mol. The fourth-order valence-electron chi connectivity index (χ4n) is 19.7. The van der Waals surface area contributed by atoms with Crippen molar-refractivity contribution in [2.24, 2.45) is 0 Å². The summed E-state index contributed by atoms with van der Waals surface area (Å²) in [6, 6.07) is 7.25. The van der Waals surface area contributed by atoms with Crippen molar-refractivity contribution >= 4 is 678 Å². The second-order valence-corrected chi connectivity index (χ2v) is 31.5. The molecule has 2 aliphatic rings. The molecule has 3 N–H and O–H groups in total. The molecule has 1 fully saturated rings. The molecular formula is C13H19B95N3. The first kappa shape index (κ1) is 112. The van der Waals surface area contributed by atoms with E-state index >= 15 is 0 Å². The van der Waals surface area contributed by atoms with Gasteiger partial charge in [0.1, 0.15) is 0 Å². The first-order valence-electron chi connectivity index (χ1n) is 37.6. The Morgan fingerprint density at radius 3 is 0.595 bits per heavy atom. The van der Waals surface area contributed by atoms with Gasteiger partial charge < -0.3 is 16.0 Å². The maximum absolute atomic E-state index is 7.27. The molecule has 2 heterocycles. The van der Waals surface area contributed by atoms with Gasteiger partial charge in [-0.05, 0) is 43.1 Å². The van der Waals surface area contributed by atoms with Gasteiger partial charge in [0.15, 0.2) is 0 Å². The quantitative estimate of drug-likeness (QED) is 0.0569. The molecule has 0 aliphatic carbocycles. The Morgan fingerprint density at radius 2 is 0.414 bits per heavy atom. The van der Waals surface area contributed by atoms with Crippen molar-refractivity contribution in [2.75, 3.05) is 18.4 Å². The van der Waals surface area contributed by atoms with Crippen molar-refractivity contribution in [1.29, 1.82) is 0 Å². The molecule has 1 aromatic carbocycles. The largest absolute Gasteiger partial charge is 0.382 e. The Hall–Kier alpha value is 5.11. The number of fused-ring (bicyclic) bond motifs is 1. The highest BCUT2D eigenvalue weighted by molar-refractivity contribution is 8.43. The molecule has 0 amide bonds. The van der Waals surface area contributed by atoms with Gasteiger partial charge in [-0.3, -0.25) is 0 Å². The molecule has 111 heavy (non-hydrogen) atoms. The van der Waals surface area contributed by atoms with Crippen molar-refractivity contribution in [3.05, 3.63) is 29.3 Å². The monoisotopic (exact) mass is 1260 g/mol. The van der Waals surface area contributed by atoms with Crippen molar-refractivity contribution in [3.8, 4) is 0 Å². The Balaban J connectivity index is 0.00000226. The first-order valence-corrected chi connectivity index (χ1v) is 37.6. The van der Waals surface area contributed by atoms with E-state index in [4.69, 9.17) is 371 Å². The van der Waals surface area contributed by atoms with Gasteiger partial charge in [-0.25, -0.2) is 0 Å². The highest BCUT2D eigenvalue weighted by atomic mass is 15.0. The van der Waals surface area contributed by atoms with Crippen molar-refractivity contribution in [3.63, 3.8) is 0 Å². The third kappa shape index (κ3) is 30.7. The van der Waals surface area contributed by atoms with Gasteiger partial charge in [-0.1, -0.05) is 12.1 Å². The summed E-state index contributed by atoms with van der Waals surface area (Å²) >= 11 is 0. The van der Waals surface area contributed by atoms with Crippen LogP contribution in [0.4, 0.5) is 5.69 Å². The Bertz CT molecular complexity index is 2260. The van der Waals surface area contributed by atoms with Gasteiger partial charge in [-0.2, -0.15) is 0 Å². The first-order chi connectivity index (χ1) is 51.2. The maximum Gasteiger partial charge on any atom is 0.0391 e. The molecule has 0 saturated carbocycles. The predicted octanol–water partition coefficient (Wildman–Crippen LogP) is -34.7. The zero-order chi connectivity index (χ0) is 86.1. The van der Waals surface area contributed by atoms with Crippen LogP contribution in [-0.2, 0) is 13.1 Å². The summed E-state index contributed by atoms with van der Waals surface area (Å²) in [6.07, 6.45) is -82.2. The van der Waals surface area contributed by atoms with E-state index in [2.05, 4.69) is 34.1 Å². The van der Waals surface area contributed by atoms with Crippen LogP contribution in [0.5, 0.6) is 0 Å². The highest BCUT2D eigenvalue weighted by Crippen LogP contribution is 2.31. The minimum Gasteiger partial charge on any atom is -0.382 e. The van der Waals surface area contributed by atoms with E-state index in [9.17, 15) is 0 Å². The number of piperidine rings is 1. The SMILES string of the molecule is [B][B]B([B])B(B([B])[B])B(B(B([B])[B])B([B])[B])B(B(B(B([B])[B])B([B])[B])B(B([B])[B])B([B])[B])B(B(B(B(B([B])[B])B([B])[B])B(B([B])[B])B([B])[B])B(B(B([B])[B])B([B])[B])B(B([B])[B])B([B])[B])B(B(B(B([B])[B])B([B])[B])B(B([B])[B])B([B])[B])B(B(B([B])[B])B([B])[B])B(B([B])[B])B([B])[B].c1cc2c(c(NC3CCNCC3)c1)CNC2. The molecule has 0 unspecified atom stereocenters. The normalized spacial score (nSPS) is 11.4. The third-order valence-corrected chi connectivity index (χ3v) is 23.8. The van der Waals surface area contributed by atoms with E-state index in [1.165, 1.54) is 29.7 Å². The van der Waals surface area contributed by atoms with Crippen molar-refractivity contribution in [1.82, 2.24) is 10.6 Å². The second kappa shape index (κ2) is 53.0. The topological polar surface area (TPSA) is 36.1 Å². The lowest BCUT2D eigenvalue weighted by atomic mass is 8.18. The van der Waals surface area contributed by atoms with Crippen LogP contribution in [0.3, 0.4) is 0 Å². The molecule has 371 valence electrons. The zero-order valence-corrected chi connectivity index (χ0v) is 64.4. The smallest absolute Gasteiger partial charge is 0.0391 e. The van der Waals surface area contributed by atoms with Crippen LogP contribution in [0.25, 0.3) is 0 Å². The minimum atomic E-state index is -2.22. The number of anilines is 1. The predicted molar refractivity (Wildman–Crippen MR) is 613 cm³/mol. The van der Waals surface area contributed by atoms with Crippen LogP contribution in [0.15, 0.2) is 18.2 Å². The summed E-state index contributed by atoms with van der Waals surface area (Å²) in [5, 5.41) is 10.5. The second-order valence-electron chi connectivity index (χ2n) is 31.5. The Kier molecular flexibility index (Phi) is 53.6. The number of hydrogen-bond acceptors (Lipinski definition) is 3. The van der Waals surface area contributed by atoms with Gasteiger partial charge in [-0.15, -0.1) is 0 Å². The maximum atomic E-state index is 7.27. The Morgan fingerprint density at radius 1 is 0.234 bits per heavy atom. The van der Waals surface area contributed by atoms with E-state index in [0.717, 1.165) is 33.2 Å². The lowest BCUT2D eigenvalue weighted by Crippen LogP contribution is -3.01. The molecule has 0 atom stereocenters. The molecule has 1 aromatic rings. The van der Waals surface area contributed by atoms with E-state index in [1.807, 2.05) is 0 Å². The summed E-state index contributed by atoms with van der Waals surface area (Å²) < 4.78 is 0. The zero-order valence-electron chi connectivity index (χ0n) is 64.4. The van der Waals surface area contributed by atoms with Gasteiger partial charge in [0.05, 0.1) is 0 Å². The highest BCUT2D eigenvalue weighted by Gasteiger charge is 2.68. The van der Waals surface area contributed by atoms with E-state index in [1.54, 1.807) is 0 Å². The lowest BCUT2D eigenvalue weighted by molar-refractivity contribution is 0.479. The van der Waals surface area contributed by atoms with E-state index < -0.39 is 294 Å². The summed E-state index contributed by atoms with van der Waals surface area (Å²) in [6.45, 7) is 4.33. The summed E-state index contributed by atoms with van der Waals surface area (Å²) in [5.41, 5.74) is 4.27. The van der Waals surface area contributed by atoms with Crippen LogP contribution < -0.4 is 16.0 Å². The standard InChI is InChI=1S/C13H19N3.B95/c1-2-10-8-15-9-12(10)13(3-1)16-11-4-6-14-7-5-11;1-49-73(48)85(72(46)47)91(84(70(42)43)71(44)45)94(90(82(66(34)35)67(36)37)83(68(38)39)69(40)41)95(92(86(74(50(2)3)51(4)5)75(52(6)7)53(8)9)87(76(54(10)11)55(12)13)77(56(14)15)57(16)17)93(88(78(58(18)19)59(20)21)79(60(22)23)61(24)25)89(80(62(26)27)63(28)29)81(64(30)31)65(32)33/h1-3,11,14-16H,4-9H2;. The van der Waals surface area contributed by atoms with Crippen LogP contribution in [0, 0.1) is 0 Å². The summed E-state index contributed by atoms with van der Waals surface area (Å²) in [5.74, 6) is 0. The molecule has 1 saturated heterocycles. The van der Waals surface area contributed by atoms with Gasteiger partial charge in [0.25, 0.3) is 0 Å². The number of benzene rings is 1. The van der Waals surface area contributed by atoms with Crippen LogP contribution in [-0.4, -0.2) is 691 Å². The van der Waals surface area contributed by atoms with Gasteiger partial charge in [0, 0.05) is 697 Å². The average Bonchev–Trinajstić information content (AvgIpc) is 1.15. The van der Waals surface area contributed by atoms with Crippen molar-refractivity contribution in [2.45, 2.75) is 32.0 Å². The molecule has 0 bridgehead atoms. The molecule has 3 rings (SSSR count). The molecule has 3 nitrogen and oxygen atoms in total. The fourth-order valence-corrected chi connectivity index (χ4v) is 19.7. The summed E-state index contributed by atoms with van der Waals surface area (Å²) in [4.78, 5) is 0. The van der Waals surface area contributed by atoms with Gasteiger partial charge in [0.2, 0.25) is 0 Å². The summed E-state index contributed by atoms with van der Waals surface area (Å²) in [7, 11) is 340. The average molecular weight is 1240 g/mol. The van der Waals surface area contributed by atoms with E-state index in [-0.39, 0.29) is 0 Å². The van der Waals surface area contributed by atoms with E-state index in [0.29, 0.717) is 6.04 Å². The van der Waals surface area contributed by atoms with Crippen LogP contribution >= 0.6 is 0 Å². The lowest BCUT2D eigenvalue weighted by Gasteiger charge is -2.63. The third-order valence-electron chi connectivity index (χ3n) is 23.8. The molecule has 98 heteroatoms.